The number of ether oxygens (including phenoxy) is 6. The number of aliphatic carboxylic acids is 1. The number of cyclic esters (lactones) is 1. The number of phenols is 2. The summed E-state index contributed by atoms with van der Waals surface area (Å²) in [6.07, 6.45) is 8.99. The van der Waals surface area contributed by atoms with Crippen LogP contribution in [0.3, 0.4) is 0 Å². The van der Waals surface area contributed by atoms with Gasteiger partial charge in [0.2, 0.25) is 0 Å². The van der Waals surface area contributed by atoms with Crippen LogP contribution in [-0.4, -0.2) is 202 Å². The predicted molar refractivity (Wildman–Crippen MR) is 339 cm³/mol. The number of aromatic hydroxyl groups is 2. The molecule has 0 spiro atoms. The van der Waals surface area contributed by atoms with Crippen LogP contribution in [-0.2, 0) is 38.1 Å². The summed E-state index contributed by atoms with van der Waals surface area (Å²) in [5, 5.41) is 137. The normalized spacial score (nSPS) is 35.4. The Balaban J connectivity index is 0.000000553. The molecule has 0 aliphatic carbocycles. The molecule has 24 nitrogen and oxygen atoms in total. The van der Waals surface area contributed by atoms with E-state index in [-0.39, 0.29) is 61.1 Å². The Morgan fingerprint density at radius 1 is 0.620 bits per heavy atom. The first-order valence-electron chi connectivity index (χ1n) is 30.4. The highest BCUT2D eigenvalue weighted by Gasteiger charge is 2.51. The smallest absolute Gasteiger partial charge is 0.311 e. The van der Waals surface area contributed by atoms with Gasteiger partial charge in [-0.1, -0.05) is 123 Å². The Hall–Kier alpha value is -6.98. The molecule has 15 N–H and O–H groups in total. The number of nitrogens with two attached hydrogens (primary N) is 1. The summed E-state index contributed by atoms with van der Waals surface area (Å²) < 4.78 is 33.1. The fourth-order valence-electron chi connectivity index (χ4n) is 10.2. The molecule has 0 unspecified atom stereocenters. The summed E-state index contributed by atoms with van der Waals surface area (Å²) in [5.74, 6) is -6.91. The molecule has 2 saturated heterocycles. The minimum absolute atomic E-state index is 0.00662. The second-order valence-electron chi connectivity index (χ2n) is 23.2. The number of esters is 1. The van der Waals surface area contributed by atoms with Crippen molar-refractivity contribution >= 4 is 35.7 Å². The van der Waals surface area contributed by atoms with Gasteiger partial charge in [-0.25, -0.2) is 0 Å². The molecule has 2 aromatic rings. The number of ketones is 2. The SMILES string of the molecule is COc1cc(/C=C/C(=O)CC(=O)/C=C/c2ccc(O)c(OC)c2)ccc1O.C[C@H]1[C@H](O)[C@@H](C)/C=C/C=C/C=C/C=C/C=C/C=C/C=C/[C@H](O[C@@H]2O[C@H](C)[C@@H](O)[C@H](N)[C@@H]2O)C[C@@H]2O[C@](O)(C[C@@H](O)C[C@@H](O)CC[C@H](O)[C@@H](O)C[C@@H](O)CC(=O)O[C@H]1C)C[C@H](O)[C@H]2C(=O)O. The molecule has 0 saturated carbocycles. The van der Waals surface area contributed by atoms with Gasteiger partial charge in [-0.3, -0.25) is 19.2 Å². The van der Waals surface area contributed by atoms with E-state index in [0.29, 0.717) is 22.6 Å². The Bertz CT molecular complexity index is 2860. The molecule has 92 heavy (non-hydrogen) atoms. The fraction of sp³-hybridized carbons (Fsp3) is 0.500. The lowest BCUT2D eigenvalue weighted by Gasteiger charge is -2.45. The summed E-state index contributed by atoms with van der Waals surface area (Å²) in [6, 6.07) is 8.20. The molecular formula is C68H93NO23. The number of methoxy groups -OCH3 is 2. The highest BCUT2D eigenvalue weighted by Crippen LogP contribution is 2.38. The quantitative estimate of drug-likeness (QED) is 0.0856. The van der Waals surface area contributed by atoms with Crippen LogP contribution in [0.25, 0.3) is 12.2 Å². The molecule has 3 aliphatic heterocycles. The number of fused-ring (bicyclic) bond motifs is 2. The summed E-state index contributed by atoms with van der Waals surface area (Å²) >= 11 is 0. The van der Waals surface area contributed by atoms with E-state index >= 15 is 0 Å². The summed E-state index contributed by atoms with van der Waals surface area (Å²) in [5.41, 5.74) is 7.35. The van der Waals surface area contributed by atoms with Gasteiger partial charge >= 0.3 is 11.9 Å². The zero-order valence-corrected chi connectivity index (χ0v) is 52.6. The number of phenolic OH excluding ortho intramolecular Hbond substituents is 2. The van der Waals surface area contributed by atoms with Crippen molar-refractivity contribution < 1.29 is 114 Å². The third kappa shape index (κ3) is 26.2. The molecule has 0 radical (unpaired) electrons. The number of hydrogen-bond donors (Lipinski definition) is 14. The summed E-state index contributed by atoms with van der Waals surface area (Å²) in [6.45, 7) is 6.72. The lowest BCUT2D eigenvalue weighted by molar-refractivity contribution is -0.308. The van der Waals surface area contributed by atoms with Crippen LogP contribution >= 0.6 is 0 Å². The predicted octanol–water partition coefficient (Wildman–Crippen LogP) is 4.08. The second kappa shape index (κ2) is 38.9. The van der Waals surface area contributed by atoms with Crippen LogP contribution in [0, 0.1) is 17.8 Å². The first-order valence-corrected chi connectivity index (χ1v) is 30.4. The molecule has 2 aromatic carbocycles. The number of carboxylic acids is 1. The van der Waals surface area contributed by atoms with Crippen molar-refractivity contribution in [1.29, 1.82) is 0 Å². The van der Waals surface area contributed by atoms with E-state index in [1.165, 1.54) is 51.5 Å². The van der Waals surface area contributed by atoms with Crippen molar-refractivity contribution in [3.8, 4) is 23.0 Å². The maximum absolute atomic E-state index is 12.6. The van der Waals surface area contributed by atoms with Crippen molar-refractivity contribution in [2.24, 2.45) is 23.5 Å². The molecule has 3 aliphatic rings. The molecule has 3 heterocycles. The van der Waals surface area contributed by atoms with E-state index in [0.717, 1.165) is 0 Å². The van der Waals surface area contributed by atoms with E-state index in [2.05, 4.69) is 0 Å². The van der Waals surface area contributed by atoms with Gasteiger partial charge in [0.1, 0.15) is 18.1 Å². The van der Waals surface area contributed by atoms with Crippen LogP contribution in [0.2, 0.25) is 0 Å². The van der Waals surface area contributed by atoms with Gasteiger partial charge in [0, 0.05) is 37.5 Å². The number of carboxylic acid groups (broad SMARTS) is 1. The van der Waals surface area contributed by atoms with Crippen molar-refractivity contribution in [3.63, 3.8) is 0 Å². The van der Waals surface area contributed by atoms with E-state index in [1.807, 2.05) is 13.0 Å². The van der Waals surface area contributed by atoms with Crippen molar-refractivity contribution in [1.82, 2.24) is 0 Å². The zero-order chi connectivity index (χ0) is 68.2. The van der Waals surface area contributed by atoms with Crippen LogP contribution in [0.5, 0.6) is 23.0 Å². The minimum atomic E-state index is -2.29. The summed E-state index contributed by atoms with van der Waals surface area (Å²) in [7, 11) is 2.87. The number of carbonyl (C=O) groups excluding carboxylic acids is 3. The van der Waals surface area contributed by atoms with Gasteiger partial charge in [0.25, 0.3) is 0 Å². The average molecular weight is 1290 g/mol. The molecule has 0 amide bonds. The Morgan fingerprint density at radius 2 is 1.14 bits per heavy atom. The number of allylic oxidation sites excluding steroid dienone is 14. The number of carbonyl (C=O) groups is 4. The topological polar surface area (TPSA) is 413 Å². The molecule has 19 atom stereocenters. The largest absolute Gasteiger partial charge is 0.504 e. The molecule has 2 fully saturated rings. The first kappa shape index (κ1) is 77.5. The van der Waals surface area contributed by atoms with Crippen molar-refractivity contribution in [2.75, 3.05) is 14.2 Å². The molecular weight excluding hydrogens is 1200 g/mol. The Labute approximate surface area is 536 Å². The Kier molecular flexibility index (Phi) is 32.8. The number of rotatable bonds is 11. The molecule has 2 bridgehead atoms. The number of benzene rings is 2. The van der Waals surface area contributed by atoms with E-state index < -0.39 is 147 Å². The van der Waals surface area contributed by atoms with Crippen LogP contribution < -0.4 is 15.2 Å². The van der Waals surface area contributed by atoms with Gasteiger partial charge in [-0.15, -0.1) is 0 Å². The van der Waals surface area contributed by atoms with E-state index in [4.69, 9.17) is 34.2 Å². The third-order valence-electron chi connectivity index (χ3n) is 15.7. The standard InChI is InChI=1S/C47H73NO17.C21H20O6/c1-27-17-15-13-11-9-7-5-6-8-10-12-14-16-18-34(64-46-44(58)41(48)43(57)30(4)63-46)24-38-40(45(59)60)37(54)26-47(61,65-38)25-33(51)21-31(49)19-20-35(52)36(53)22-32(50)23-39(55)62-29(3)28(2)42(27)56;1-26-20-11-14(5-9-18(20)24)3-7-16(22)13-17(23)8-4-15-6-10-19(25)21(12-15)27-2/h5-18,27-38,40-44,46,49-54,56-58,61H,19-26,48H2,1-4H3,(H,59,60);3-12,24-25H,13H2,1-2H3/b6-5+,9-7+,10-8+,13-11+,14-12+,17-15+,18-16+;7-3+,8-4+/t27-,28+,29-,30+,31-,32+,33-,34-,35-,36-,37-,38-,40+,41-,42+,43+,44-,46-,47+;/m0./s1. The van der Waals surface area contributed by atoms with Gasteiger partial charge in [0.15, 0.2) is 46.6 Å². The van der Waals surface area contributed by atoms with Gasteiger partial charge in [0.05, 0.1) is 100 Å². The monoisotopic (exact) mass is 1290 g/mol. The van der Waals surface area contributed by atoms with Gasteiger partial charge in [-0.05, 0) is 80.7 Å². The maximum atomic E-state index is 12.6. The highest BCUT2D eigenvalue weighted by atomic mass is 16.7. The van der Waals surface area contributed by atoms with E-state index in [9.17, 15) is 85.6 Å². The second-order valence-corrected chi connectivity index (χ2v) is 23.2. The van der Waals surface area contributed by atoms with Gasteiger partial charge in [-0.2, -0.15) is 0 Å². The molecule has 0 aromatic heterocycles. The fourth-order valence-corrected chi connectivity index (χ4v) is 10.2. The lowest BCUT2D eigenvalue weighted by Crippen LogP contribution is -2.61. The molecule has 508 valence electrons. The number of aliphatic hydroxyl groups is 10. The van der Waals surface area contributed by atoms with Crippen LogP contribution in [0.15, 0.2) is 134 Å². The molecule has 24 heteroatoms. The molecule has 5 rings (SSSR count). The lowest BCUT2D eigenvalue weighted by atomic mass is 9.82. The Morgan fingerprint density at radius 3 is 1.66 bits per heavy atom. The zero-order valence-electron chi connectivity index (χ0n) is 52.6. The van der Waals surface area contributed by atoms with Crippen LogP contribution in [0.1, 0.15) is 96.6 Å². The third-order valence-corrected chi connectivity index (χ3v) is 15.7. The maximum Gasteiger partial charge on any atom is 0.311 e. The summed E-state index contributed by atoms with van der Waals surface area (Å²) in [4.78, 5) is 48.9. The van der Waals surface area contributed by atoms with Gasteiger partial charge < -0.3 is 101 Å². The minimum Gasteiger partial charge on any atom is -0.504 e. The number of aliphatic hydroxyl groups excluding tert-OH is 9. The van der Waals surface area contributed by atoms with Crippen molar-refractivity contribution in [2.45, 2.75) is 183 Å². The average Bonchev–Trinajstić information content (AvgIpc) is 0.799. The van der Waals surface area contributed by atoms with Crippen molar-refractivity contribution in [3.05, 3.63) is 145 Å². The highest BCUT2D eigenvalue weighted by molar-refractivity contribution is 6.10. The van der Waals surface area contributed by atoms with E-state index in [1.54, 1.807) is 123 Å². The number of hydrogen-bond acceptors (Lipinski definition) is 23. The first-order chi connectivity index (χ1) is 43.5. The van der Waals surface area contributed by atoms with Crippen LogP contribution in [0.4, 0.5) is 0 Å².